The number of rotatable bonds is 7. The minimum absolute atomic E-state index is 0.229. The zero-order chi connectivity index (χ0) is 25.8. The number of thiocarbonyl (C=S) groups is 1. The lowest BCUT2D eigenvalue weighted by molar-refractivity contribution is -0.122. The SMILES string of the molecule is CCOC(=O)N1CCN(c2nc3c(C)cccn3c(=O)c2C=C2SC(=S)N(CCCOC)C2=O)CC1. The van der Waals surface area contributed by atoms with Gasteiger partial charge in [-0.15, -0.1) is 0 Å². The first-order chi connectivity index (χ1) is 17.3. The van der Waals surface area contributed by atoms with Gasteiger partial charge in [0.2, 0.25) is 0 Å². The molecular weight excluding hydrogens is 502 g/mol. The molecule has 2 aromatic heterocycles. The molecule has 2 amide bonds. The number of fused-ring (bicyclic) bond motifs is 1. The van der Waals surface area contributed by atoms with Crippen LogP contribution in [0.1, 0.15) is 24.5 Å². The van der Waals surface area contributed by atoms with Gasteiger partial charge >= 0.3 is 6.09 Å². The lowest BCUT2D eigenvalue weighted by Crippen LogP contribution is -2.49. The van der Waals surface area contributed by atoms with Gasteiger partial charge in [-0.05, 0) is 38.0 Å². The first-order valence-electron chi connectivity index (χ1n) is 11.8. The summed E-state index contributed by atoms with van der Waals surface area (Å²) in [4.78, 5) is 49.3. The number of thioether (sulfide) groups is 1. The van der Waals surface area contributed by atoms with E-state index in [2.05, 4.69) is 0 Å². The van der Waals surface area contributed by atoms with Crippen molar-refractivity contribution in [2.45, 2.75) is 20.3 Å². The molecule has 10 nitrogen and oxygen atoms in total. The van der Waals surface area contributed by atoms with Gasteiger partial charge in [-0.3, -0.25) is 18.9 Å². The van der Waals surface area contributed by atoms with Crippen LogP contribution in [-0.2, 0) is 14.3 Å². The second-order valence-electron chi connectivity index (χ2n) is 8.39. The molecule has 2 fully saturated rings. The molecule has 0 N–H and O–H groups in total. The molecule has 12 heteroatoms. The van der Waals surface area contributed by atoms with Crippen molar-refractivity contribution < 1.29 is 19.1 Å². The molecule has 2 aliphatic rings. The summed E-state index contributed by atoms with van der Waals surface area (Å²) in [7, 11) is 1.61. The van der Waals surface area contributed by atoms with Crippen molar-refractivity contribution in [2.24, 2.45) is 0 Å². The Bertz CT molecular complexity index is 1270. The molecule has 2 saturated heterocycles. The molecule has 2 aromatic rings. The standard InChI is InChI=1S/C24H29N5O5S2/c1-4-34-23(32)27-12-10-26(11-13-27)20-17(21(30)28-8-5-7-16(2)19(28)25-20)15-18-22(31)29(24(35)36-18)9-6-14-33-3/h5,7-8,15H,4,6,9-14H2,1-3H3. The molecule has 0 unspecified atom stereocenters. The van der Waals surface area contributed by atoms with Gasteiger partial charge in [-0.1, -0.05) is 30.0 Å². The first-order valence-corrected chi connectivity index (χ1v) is 13.0. The number of piperazine rings is 1. The van der Waals surface area contributed by atoms with E-state index in [9.17, 15) is 14.4 Å². The summed E-state index contributed by atoms with van der Waals surface area (Å²) in [5.41, 5.74) is 1.46. The first kappa shape index (κ1) is 26.1. The van der Waals surface area contributed by atoms with Crippen LogP contribution in [0.5, 0.6) is 0 Å². The fourth-order valence-electron chi connectivity index (χ4n) is 4.17. The summed E-state index contributed by atoms with van der Waals surface area (Å²) >= 11 is 6.61. The van der Waals surface area contributed by atoms with E-state index in [0.717, 1.165) is 5.56 Å². The highest BCUT2D eigenvalue weighted by Gasteiger charge is 2.33. The van der Waals surface area contributed by atoms with E-state index >= 15 is 0 Å². The van der Waals surface area contributed by atoms with Crippen LogP contribution in [0.2, 0.25) is 0 Å². The molecule has 36 heavy (non-hydrogen) atoms. The predicted molar refractivity (Wildman–Crippen MR) is 143 cm³/mol. The molecule has 0 aliphatic carbocycles. The maximum Gasteiger partial charge on any atom is 0.409 e. The number of hydrogen-bond acceptors (Lipinski definition) is 9. The highest BCUT2D eigenvalue weighted by Crippen LogP contribution is 2.33. The number of methoxy groups -OCH3 is 1. The molecule has 0 atom stereocenters. The normalized spacial score (nSPS) is 17.5. The van der Waals surface area contributed by atoms with Crippen molar-refractivity contribution in [3.8, 4) is 0 Å². The molecule has 4 rings (SSSR count). The molecule has 0 aromatic carbocycles. The van der Waals surface area contributed by atoms with Crippen molar-refractivity contribution >= 4 is 57.8 Å². The Morgan fingerprint density at radius 1 is 1.25 bits per heavy atom. The Morgan fingerprint density at radius 3 is 2.69 bits per heavy atom. The molecule has 0 bridgehead atoms. The Morgan fingerprint density at radius 2 is 2.00 bits per heavy atom. The van der Waals surface area contributed by atoms with Crippen molar-refractivity contribution in [1.29, 1.82) is 0 Å². The van der Waals surface area contributed by atoms with Gasteiger partial charge in [0, 0.05) is 52.6 Å². The molecule has 2 aliphatic heterocycles. The third-order valence-corrected chi connectivity index (χ3v) is 7.43. The van der Waals surface area contributed by atoms with Crippen LogP contribution in [0.3, 0.4) is 0 Å². The van der Waals surface area contributed by atoms with E-state index in [1.807, 2.05) is 17.9 Å². The Hall–Kier alpha value is -2.96. The van der Waals surface area contributed by atoms with Gasteiger partial charge in [-0.25, -0.2) is 9.78 Å². The van der Waals surface area contributed by atoms with E-state index < -0.39 is 0 Å². The third kappa shape index (κ3) is 5.25. The minimum atomic E-state index is -0.350. The van der Waals surface area contributed by atoms with Gasteiger partial charge < -0.3 is 19.3 Å². The molecule has 192 valence electrons. The van der Waals surface area contributed by atoms with Gasteiger partial charge in [0.25, 0.3) is 11.5 Å². The largest absolute Gasteiger partial charge is 0.450 e. The summed E-state index contributed by atoms with van der Waals surface area (Å²) in [6.45, 7) is 6.79. The van der Waals surface area contributed by atoms with E-state index in [1.165, 1.54) is 16.2 Å². The van der Waals surface area contributed by atoms with Crippen molar-refractivity contribution in [2.75, 3.05) is 57.9 Å². The Labute approximate surface area is 218 Å². The number of anilines is 1. The number of nitrogens with zero attached hydrogens (tertiary/aromatic N) is 5. The van der Waals surface area contributed by atoms with Crippen LogP contribution in [0.25, 0.3) is 11.7 Å². The Balaban J connectivity index is 1.71. The van der Waals surface area contributed by atoms with Crippen molar-refractivity contribution in [3.05, 3.63) is 44.7 Å². The molecule has 0 saturated carbocycles. The van der Waals surface area contributed by atoms with E-state index in [4.69, 9.17) is 26.7 Å². The van der Waals surface area contributed by atoms with E-state index in [1.54, 1.807) is 42.2 Å². The second-order valence-corrected chi connectivity index (χ2v) is 10.1. The number of amides is 2. The van der Waals surface area contributed by atoms with E-state index in [0.29, 0.717) is 78.6 Å². The molecular formula is C24H29N5O5S2. The molecule has 0 spiro atoms. The van der Waals surface area contributed by atoms with Crippen LogP contribution in [0.4, 0.5) is 10.6 Å². The van der Waals surface area contributed by atoms with Crippen LogP contribution < -0.4 is 10.5 Å². The zero-order valence-electron chi connectivity index (χ0n) is 20.6. The Kier molecular flexibility index (Phi) is 8.27. The zero-order valence-corrected chi connectivity index (χ0v) is 22.2. The molecule has 4 heterocycles. The second kappa shape index (κ2) is 11.4. The van der Waals surface area contributed by atoms with Gasteiger partial charge in [0.15, 0.2) is 0 Å². The number of carbonyl (C=O) groups excluding carboxylic acids is 2. The van der Waals surface area contributed by atoms with Gasteiger partial charge in [0.05, 0.1) is 17.1 Å². The maximum absolute atomic E-state index is 13.7. The predicted octanol–water partition coefficient (Wildman–Crippen LogP) is 2.52. The van der Waals surface area contributed by atoms with Crippen LogP contribution >= 0.6 is 24.0 Å². The summed E-state index contributed by atoms with van der Waals surface area (Å²) in [5, 5.41) is 0. The summed E-state index contributed by atoms with van der Waals surface area (Å²) < 4.78 is 12.2. The van der Waals surface area contributed by atoms with Crippen LogP contribution in [-0.4, -0.2) is 88.6 Å². The number of carbonyl (C=O) groups is 2. The monoisotopic (exact) mass is 531 g/mol. The van der Waals surface area contributed by atoms with Crippen LogP contribution in [0, 0.1) is 6.92 Å². The van der Waals surface area contributed by atoms with Gasteiger partial charge in [0.1, 0.15) is 15.8 Å². The number of ether oxygens (including phenoxy) is 2. The quantitative estimate of drug-likeness (QED) is 0.303. The summed E-state index contributed by atoms with van der Waals surface area (Å²) in [5.74, 6) is 0.260. The summed E-state index contributed by atoms with van der Waals surface area (Å²) in [6, 6.07) is 3.69. The average Bonchev–Trinajstić information content (AvgIpc) is 3.14. The van der Waals surface area contributed by atoms with Crippen molar-refractivity contribution in [3.63, 3.8) is 0 Å². The average molecular weight is 532 g/mol. The maximum atomic E-state index is 13.7. The number of hydrogen-bond donors (Lipinski definition) is 0. The topological polar surface area (TPSA) is 96.7 Å². The highest BCUT2D eigenvalue weighted by molar-refractivity contribution is 8.26. The van der Waals surface area contributed by atoms with Crippen LogP contribution in [0.15, 0.2) is 28.0 Å². The smallest absolute Gasteiger partial charge is 0.409 e. The lowest BCUT2D eigenvalue weighted by Gasteiger charge is -2.35. The van der Waals surface area contributed by atoms with E-state index in [-0.39, 0.29) is 17.6 Å². The minimum Gasteiger partial charge on any atom is -0.450 e. The van der Waals surface area contributed by atoms with Gasteiger partial charge in [-0.2, -0.15) is 0 Å². The fourth-order valence-corrected chi connectivity index (χ4v) is 5.46. The van der Waals surface area contributed by atoms with Crippen molar-refractivity contribution in [1.82, 2.24) is 19.2 Å². The lowest BCUT2D eigenvalue weighted by atomic mass is 10.2. The third-order valence-electron chi connectivity index (χ3n) is 6.05. The number of aromatic nitrogens is 2. The highest BCUT2D eigenvalue weighted by atomic mass is 32.2. The fraction of sp³-hybridized carbons (Fsp3) is 0.458. The summed E-state index contributed by atoms with van der Waals surface area (Å²) in [6.07, 6.45) is 3.59. The number of pyridine rings is 1. The number of aryl methyl sites for hydroxylation is 1. The molecule has 0 radical (unpaired) electrons.